The Morgan fingerprint density at radius 3 is 2.70 bits per heavy atom. The highest BCUT2D eigenvalue weighted by atomic mass is 79.9. The Balaban J connectivity index is 3.10. The van der Waals surface area contributed by atoms with Crippen LogP contribution in [0, 0.1) is 0 Å². The van der Waals surface area contributed by atoms with E-state index in [-0.39, 0.29) is 5.69 Å². The van der Waals surface area contributed by atoms with Crippen LogP contribution in [0.1, 0.15) is 10.5 Å². The molecule has 0 atom stereocenters. The van der Waals surface area contributed by atoms with Crippen LogP contribution in [0.4, 0.5) is 0 Å². The molecule has 1 rings (SSSR count). The third-order valence-electron chi connectivity index (χ3n) is 1.07. The molecule has 5 heteroatoms. The van der Waals surface area contributed by atoms with E-state index in [9.17, 15) is 4.79 Å². The molecule has 1 heterocycles. The zero-order valence-corrected chi connectivity index (χ0v) is 6.92. The van der Waals surface area contributed by atoms with E-state index in [1.54, 1.807) is 17.8 Å². The molecule has 0 aliphatic heterocycles. The number of primary amides is 1. The summed E-state index contributed by atoms with van der Waals surface area (Å²) < 4.78 is 2.27. The molecule has 10 heavy (non-hydrogen) atoms. The van der Waals surface area contributed by atoms with Crippen LogP contribution in [0.2, 0.25) is 0 Å². The summed E-state index contributed by atoms with van der Waals surface area (Å²) in [6.45, 7) is 0. The van der Waals surface area contributed by atoms with E-state index in [0.717, 1.165) is 0 Å². The number of imidazole rings is 1. The summed E-state index contributed by atoms with van der Waals surface area (Å²) in [5, 5.41) is 0. The molecule has 4 nitrogen and oxygen atoms in total. The Morgan fingerprint density at radius 2 is 2.50 bits per heavy atom. The minimum Gasteiger partial charge on any atom is -0.364 e. The van der Waals surface area contributed by atoms with Gasteiger partial charge >= 0.3 is 0 Å². The van der Waals surface area contributed by atoms with Crippen molar-refractivity contribution in [2.24, 2.45) is 12.8 Å². The molecule has 0 saturated heterocycles. The van der Waals surface area contributed by atoms with Gasteiger partial charge in [0.25, 0.3) is 5.91 Å². The standard InChI is InChI=1S/C5H6BrN3O/c1-9-2-3(4(7)10)8-5(9)6/h2H,1H3,(H2,7,10). The first-order chi connectivity index (χ1) is 4.61. The van der Waals surface area contributed by atoms with Gasteiger partial charge in [-0.15, -0.1) is 0 Å². The third kappa shape index (κ3) is 1.18. The molecule has 0 aliphatic rings. The third-order valence-corrected chi connectivity index (χ3v) is 1.81. The molecular formula is C5H6BrN3O. The van der Waals surface area contributed by atoms with Crippen LogP contribution in [-0.4, -0.2) is 15.5 Å². The number of aryl methyl sites for hydroxylation is 1. The van der Waals surface area contributed by atoms with E-state index in [0.29, 0.717) is 4.73 Å². The zero-order chi connectivity index (χ0) is 7.72. The first-order valence-corrected chi connectivity index (χ1v) is 3.39. The maximum atomic E-state index is 10.5. The summed E-state index contributed by atoms with van der Waals surface area (Å²) in [5.74, 6) is -0.513. The van der Waals surface area contributed by atoms with Gasteiger partial charge in [0.15, 0.2) is 4.73 Å². The largest absolute Gasteiger partial charge is 0.364 e. The monoisotopic (exact) mass is 203 g/mol. The normalized spacial score (nSPS) is 9.80. The van der Waals surface area contributed by atoms with Crippen molar-refractivity contribution in [2.45, 2.75) is 0 Å². The topological polar surface area (TPSA) is 60.9 Å². The lowest BCUT2D eigenvalue weighted by Gasteiger charge is -1.85. The number of halogens is 1. The van der Waals surface area contributed by atoms with Crippen molar-refractivity contribution in [3.8, 4) is 0 Å². The Bertz CT molecular complexity index is 248. The summed E-state index contributed by atoms with van der Waals surface area (Å²) in [6.07, 6.45) is 1.56. The summed E-state index contributed by atoms with van der Waals surface area (Å²) in [7, 11) is 1.77. The van der Waals surface area contributed by atoms with E-state index in [2.05, 4.69) is 20.9 Å². The fourth-order valence-corrected chi connectivity index (χ4v) is 0.856. The minimum atomic E-state index is -0.513. The maximum absolute atomic E-state index is 10.5. The van der Waals surface area contributed by atoms with Gasteiger partial charge in [-0.25, -0.2) is 4.98 Å². The first kappa shape index (κ1) is 7.27. The summed E-state index contributed by atoms with van der Waals surface area (Å²) in [6, 6.07) is 0. The van der Waals surface area contributed by atoms with Crippen LogP contribution in [-0.2, 0) is 7.05 Å². The van der Waals surface area contributed by atoms with Gasteiger partial charge in [0, 0.05) is 13.2 Å². The van der Waals surface area contributed by atoms with Gasteiger partial charge in [-0.1, -0.05) is 0 Å². The highest BCUT2D eigenvalue weighted by Crippen LogP contribution is 2.06. The lowest BCUT2D eigenvalue weighted by Crippen LogP contribution is -2.10. The molecule has 2 N–H and O–H groups in total. The number of hydrogen-bond donors (Lipinski definition) is 1. The quantitative estimate of drug-likeness (QED) is 0.714. The lowest BCUT2D eigenvalue weighted by atomic mass is 10.5. The fraction of sp³-hybridized carbons (Fsp3) is 0.200. The first-order valence-electron chi connectivity index (χ1n) is 2.60. The number of rotatable bonds is 1. The summed E-state index contributed by atoms with van der Waals surface area (Å²) in [4.78, 5) is 14.3. The summed E-state index contributed by atoms with van der Waals surface area (Å²) >= 11 is 3.13. The van der Waals surface area contributed by atoms with Gasteiger partial charge in [0.05, 0.1) is 0 Å². The Morgan fingerprint density at radius 1 is 1.90 bits per heavy atom. The van der Waals surface area contributed by atoms with Crippen LogP contribution in [0.25, 0.3) is 0 Å². The Kier molecular flexibility index (Phi) is 1.76. The van der Waals surface area contributed by atoms with Crippen molar-refractivity contribution in [3.05, 3.63) is 16.6 Å². The van der Waals surface area contributed by atoms with Crippen molar-refractivity contribution >= 4 is 21.8 Å². The van der Waals surface area contributed by atoms with E-state index in [4.69, 9.17) is 5.73 Å². The molecular weight excluding hydrogens is 198 g/mol. The maximum Gasteiger partial charge on any atom is 0.268 e. The van der Waals surface area contributed by atoms with Gasteiger partial charge in [0.1, 0.15) is 5.69 Å². The molecule has 1 aromatic rings. The molecule has 1 amide bonds. The van der Waals surface area contributed by atoms with Crippen molar-refractivity contribution < 1.29 is 4.79 Å². The number of carbonyl (C=O) groups is 1. The number of hydrogen-bond acceptors (Lipinski definition) is 2. The van der Waals surface area contributed by atoms with E-state index < -0.39 is 5.91 Å². The van der Waals surface area contributed by atoms with Gasteiger partial charge in [-0.2, -0.15) is 0 Å². The Labute approximate surface area is 66.2 Å². The Hall–Kier alpha value is -0.840. The molecule has 0 aliphatic carbocycles. The van der Waals surface area contributed by atoms with Crippen molar-refractivity contribution in [3.63, 3.8) is 0 Å². The smallest absolute Gasteiger partial charge is 0.268 e. The second kappa shape index (κ2) is 2.42. The van der Waals surface area contributed by atoms with Gasteiger partial charge in [-0.3, -0.25) is 4.79 Å². The molecule has 54 valence electrons. The molecule has 0 fully saturated rings. The van der Waals surface area contributed by atoms with E-state index in [1.165, 1.54) is 0 Å². The molecule has 0 aromatic carbocycles. The number of nitrogens with two attached hydrogens (primary N) is 1. The molecule has 0 spiro atoms. The molecule has 0 bridgehead atoms. The number of nitrogens with zero attached hydrogens (tertiary/aromatic N) is 2. The van der Waals surface area contributed by atoms with Gasteiger partial charge in [-0.05, 0) is 15.9 Å². The van der Waals surface area contributed by atoms with Crippen molar-refractivity contribution in [1.82, 2.24) is 9.55 Å². The van der Waals surface area contributed by atoms with Crippen LogP contribution < -0.4 is 5.73 Å². The number of carbonyl (C=O) groups excluding carboxylic acids is 1. The molecule has 1 aromatic heterocycles. The SMILES string of the molecule is Cn1cc(C(N)=O)nc1Br. The predicted molar refractivity (Wildman–Crippen MR) is 39.4 cm³/mol. The molecule has 0 radical (unpaired) electrons. The predicted octanol–water partition coefficient (Wildman–Crippen LogP) is 0.282. The van der Waals surface area contributed by atoms with E-state index in [1.807, 2.05) is 0 Å². The number of amides is 1. The minimum absolute atomic E-state index is 0.273. The fourth-order valence-electron chi connectivity index (χ4n) is 0.563. The lowest BCUT2D eigenvalue weighted by molar-refractivity contribution is 0.0996. The van der Waals surface area contributed by atoms with Crippen molar-refractivity contribution in [1.29, 1.82) is 0 Å². The summed E-state index contributed by atoms with van der Waals surface area (Å²) in [5.41, 5.74) is 5.23. The van der Waals surface area contributed by atoms with Crippen LogP contribution in [0.3, 0.4) is 0 Å². The van der Waals surface area contributed by atoms with Crippen LogP contribution in [0.15, 0.2) is 10.9 Å². The number of aromatic nitrogens is 2. The van der Waals surface area contributed by atoms with Crippen molar-refractivity contribution in [2.75, 3.05) is 0 Å². The molecule has 0 saturated carbocycles. The van der Waals surface area contributed by atoms with Crippen LogP contribution >= 0.6 is 15.9 Å². The zero-order valence-electron chi connectivity index (χ0n) is 5.34. The van der Waals surface area contributed by atoms with Crippen LogP contribution in [0.5, 0.6) is 0 Å². The average molecular weight is 204 g/mol. The average Bonchev–Trinajstić information content (AvgIpc) is 2.13. The van der Waals surface area contributed by atoms with Gasteiger partial charge < -0.3 is 10.3 Å². The highest BCUT2D eigenvalue weighted by Gasteiger charge is 2.05. The highest BCUT2D eigenvalue weighted by molar-refractivity contribution is 9.10. The van der Waals surface area contributed by atoms with Gasteiger partial charge in [0.2, 0.25) is 0 Å². The second-order valence-corrected chi connectivity index (χ2v) is 2.58. The second-order valence-electron chi connectivity index (χ2n) is 1.87. The van der Waals surface area contributed by atoms with E-state index >= 15 is 0 Å². The molecule has 0 unspecified atom stereocenters.